The number of rotatable bonds is 2. The van der Waals surface area contributed by atoms with Crippen LogP contribution in [0.3, 0.4) is 0 Å². The van der Waals surface area contributed by atoms with Gasteiger partial charge in [0, 0.05) is 19.8 Å². The van der Waals surface area contributed by atoms with Crippen LogP contribution in [-0.2, 0) is 7.05 Å². The highest BCUT2D eigenvalue weighted by Crippen LogP contribution is 2.14. The van der Waals surface area contributed by atoms with Crippen LogP contribution in [0.1, 0.15) is 20.8 Å². The summed E-state index contributed by atoms with van der Waals surface area (Å²) >= 11 is 0. The van der Waals surface area contributed by atoms with E-state index in [1.165, 1.54) is 0 Å². The van der Waals surface area contributed by atoms with Crippen molar-refractivity contribution in [3.63, 3.8) is 0 Å². The standard InChI is InChI=1S/C9H17N3/c1-9(2,3)7-10-8-5-11-12(4)6-8/h5-6,10H,7H2,1-4H3. The largest absolute Gasteiger partial charge is 0.382 e. The summed E-state index contributed by atoms with van der Waals surface area (Å²) in [5, 5.41) is 7.39. The molecule has 0 radical (unpaired) electrons. The van der Waals surface area contributed by atoms with E-state index in [-0.39, 0.29) is 0 Å². The molecule has 1 aromatic rings. The van der Waals surface area contributed by atoms with Gasteiger partial charge in [-0.3, -0.25) is 4.68 Å². The quantitative estimate of drug-likeness (QED) is 0.728. The van der Waals surface area contributed by atoms with Crippen LogP contribution in [-0.4, -0.2) is 16.3 Å². The van der Waals surface area contributed by atoms with Crippen molar-refractivity contribution < 1.29 is 0 Å². The summed E-state index contributed by atoms with van der Waals surface area (Å²) in [6.45, 7) is 7.59. The van der Waals surface area contributed by atoms with Crippen molar-refractivity contribution in [3.05, 3.63) is 12.4 Å². The fraction of sp³-hybridized carbons (Fsp3) is 0.667. The van der Waals surface area contributed by atoms with E-state index in [0.29, 0.717) is 5.41 Å². The highest BCUT2D eigenvalue weighted by atomic mass is 15.3. The van der Waals surface area contributed by atoms with Crippen molar-refractivity contribution >= 4 is 5.69 Å². The third-order valence-corrected chi connectivity index (χ3v) is 1.53. The molecule has 3 heteroatoms. The topological polar surface area (TPSA) is 29.9 Å². The lowest BCUT2D eigenvalue weighted by molar-refractivity contribution is 0.443. The zero-order valence-electron chi connectivity index (χ0n) is 8.26. The smallest absolute Gasteiger partial charge is 0.0726 e. The number of aryl methyl sites for hydroxylation is 1. The molecule has 1 N–H and O–H groups in total. The second-order valence-corrected chi connectivity index (χ2v) is 4.32. The Kier molecular flexibility index (Phi) is 2.40. The van der Waals surface area contributed by atoms with Gasteiger partial charge in [0.25, 0.3) is 0 Å². The Labute approximate surface area is 73.8 Å². The summed E-state index contributed by atoms with van der Waals surface area (Å²) in [4.78, 5) is 0. The maximum atomic E-state index is 4.07. The maximum Gasteiger partial charge on any atom is 0.0726 e. The third kappa shape index (κ3) is 2.95. The molecule has 1 heterocycles. The molecule has 0 unspecified atom stereocenters. The van der Waals surface area contributed by atoms with Crippen LogP contribution in [0.25, 0.3) is 0 Å². The van der Waals surface area contributed by atoms with Crippen molar-refractivity contribution in [1.29, 1.82) is 0 Å². The number of anilines is 1. The average Bonchev–Trinajstić information content (AvgIpc) is 2.30. The lowest BCUT2D eigenvalue weighted by Crippen LogP contribution is -2.18. The molecule has 3 nitrogen and oxygen atoms in total. The monoisotopic (exact) mass is 167 g/mol. The molecule has 0 aliphatic heterocycles. The Morgan fingerprint density at radius 3 is 2.58 bits per heavy atom. The van der Waals surface area contributed by atoms with Gasteiger partial charge in [-0.05, 0) is 5.41 Å². The van der Waals surface area contributed by atoms with E-state index in [1.54, 1.807) is 4.68 Å². The predicted octanol–water partition coefficient (Wildman–Crippen LogP) is 1.88. The normalized spacial score (nSPS) is 11.7. The summed E-state index contributed by atoms with van der Waals surface area (Å²) in [5.74, 6) is 0. The van der Waals surface area contributed by atoms with Gasteiger partial charge in [0.05, 0.1) is 11.9 Å². The molecule has 0 saturated carbocycles. The molecule has 0 fully saturated rings. The fourth-order valence-electron chi connectivity index (χ4n) is 0.880. The van der Waals surface area contributed by atoms with Gasteiger partial charge in [0.2, 0.25) is 0 Å². The van der Waals surface area contributed by atoms with Gasteiger partial charge < -0.3 is 5.32 Å². The molecule has 68 valence electrons. The maximum absolute atomic E-state index is 4.07. The minimum atomic E-state index is 0.315. The molecule has 0 saturated heterocycles. The lowest BCUT2D eigenvalue weighted by Gasteiger charge is -2.18. The average molecular weight is 167 g/mol. The van der Waals surface area contributed by atoms with Gasteiger partial charge in [0.15, 0.2) is 0 Å². The highest BCUT2D eigenvalue weighted by molar-refractivity contribution is 5.38. The predicted molar refractivity (Wildman–Crippen MR) is 51.2 cm³/mol. The van der Waals surface area contributed by atoms with E-state index in [4.69, 9.17) is 0 Å². The van der Waals surface area contributed by atoms with Gasteiger partial charge in [-0.2, -0.15) is 5.10 Å². The first-order valence-electron chi connectivity index (χ1n) is 4.20. The van der Waals surface area contributed by atoms with E-state index >= 15 is 0 Å². The second kappa shape index (κ2) is 3.17. The summed E-state index contributed by atoms with van der Waals surface area (Å²) < 4.78 is 1.80. The van der Waals surface area contributed by atoms with Crippen molar-refractivity contribution in [2.24, 2.45) is 12.5 Å². The van der Waals surface area contributed by atoms with Crippen molar-refractivity contribution in [3.8, 4) is 0 Å². The van der Waals surface area contributed by atoms with Crippen molar-refractivity contribution in [2.45, 2.75) is 20.8 Å². The first kappa shape index (κ1) is 9.10. The first-order chi connectivity index (χ1) is 5.47. The highest BCUT2D eigenvalue weighted by Gasteiger charge is 2.09. The number of aromatic nitrogens is 2. The van der Waals surface area contributed by atoms with Crippen LogP contribution in [0.15, 0.2) is 12.4 Å². The molecule has 0 amide bonds. The molecule has 0 atom stereocenters. The van der Waals surface area contributed by atoms with Gasteiger partial charge in [-0.15, -0.1) is 0 Å². The minimum Gasteiger partial charge on any atom is -0.382 e. The Morgan fingerprint density at radius 2 is 2.17 bits per heavy atom. The first-order valence-corrected chi connectivity index (χ1v) is 4.20. The molecular formula is C9H17N3. The van der Waals surface area contributed by atoms with Crippen molar-refractivity contribution in [2.75, 3.05) is 11.9 Å². The summed E-state index contributed by atoms with van der Waals surface area (Å²) in [6.07, 6.45) is 3.82. The molecule has 0 aliphatic carbocycles. The number of nitrogens with one attached hydrogen (secondary N) is 1. The molecular weight excluding hydrogens is 150 g/mol. The number of nitrogens with zero attached hydrogens (tertiary/aromatic N) is 2. The molecule has 0 spiro atoms. The minimum absolute atomic E-state index is 0.315. The van der Waals surface area contributed by atoms with Crippen molar-refractivity contribution in [1.82, 2.24) is 9.78 Å². The van der Waals surface area contributed by atoms with Gasteiger partial charge >= 0.3 is 0 Å². The fourth-order valence-corrected chi connectivity index (χ4v) is 0.880. The van der Waals surface area contributed by atoms with E-state index in [0.717, 1.165) is 12.2 Å². The van der Waals surface area contributed by atoms with Crippen LogP contribution in [0.2, 0.25) is 0 Å². The Hall–Kier alpha value is -0.990. The van der Waals surface area contributed by atoms with E-state index in [1.807, 2.05) is 19.4 Å². The summed E-state index contributed by atoms with van der Waals surface area (Å²) in [7, 11) is 1.92. The zero-order chi connectivity index (χ0) is 9.19. The van der Waals surface area contributed by atoms with Crippen LogP contribution in [0, 0.1) is 5.41 Å². The molecule has 0 aliphatic rings. The van der Waals surface area contributed by atoms with Crippen LogP contribution < -0.4 is 5.32 Å². The Bertz CT molecular complexity index is 245. The van der Waals surface area contributed by atoms with Gasteiger partial charge in [-0.25, -0.2) is 0 Å². The van der Waals surface area contributed by atoms with Crippen LogP contribution in [0.4, 0.5) is 5.69 Å². The summed E-state index contributed by atoms with van der Waals surface area (Å²) in [6, 6.07) is 0. The number of hydrogen-bond donors (Lipinski definition) is 1. The number of hydrogen-bond acceptors (Lipinski definition) is 2. The molecule has 1 aromatic heterocycles. The molecule has 0 bridgehead atoms. The molecule has 0 aromatic carbocycles. The third-order valence-electron chi connectivity index (χ3n) is 1.53. The van der Waals surface area contributed by atoms with Crippen LogP contribution in [0.5, 0.6) is 0 Å². The summed E-state index contributed by atoms with van der Waals surface area (Å²) in [5.41, 5.74) is 1.41. The van der Waals surface area contributed by atoms with E-state index in [9.17, 15) is 0 Å². The Morgan fingerprint density at radius 1 is 1.50 bits per heavy atom. The molecule has 12 heavy (non-hydrogen) atoms. The Balaban J connectivity index is 2.44. The van der Waals surface area contributed by atoms with Gasteiger partial charge in [0.1, 0.15) is 0 Å². The zero-order valence-corrected chi connectivity index (χ0v) is 8.26. The molecule has 1 rings (SSSR count). The van der Waals surface area contributed by atoms with Crippen LogP contribution >= 0.6 is 0 Å². The van der Waals surface area contributed by atoms with E-state index in [2.05, 4.69) is 31.2 Å². The lowest BCUT2D eigenvalue weighted by atomic mass is 9.97. The van der Waals surface area contributed by atoms with Gasteiger partial charge in [-0.1, -0.05) is 20.8 Å². The second-order valence-electron chi connectivity index (χ2n) is 4.32. The SMILES string of the molecule is Cn1cc(NCC(C)(C)C)cn1. The van der Waals surface area contributed by atoms with E-state index < -0.39 is 0 Å².